The first-order valence-corrected chi connectivity index (χ1v) is 6.02. The summed E-state index contributed by atoms with van der Waals surface area (Å²) in [5.41, 5.74) is 2.28. The van der Waals surface area contributed by atoms with Crippen molar-refractivity contribution in [1.82, 2.24) is 4.98 Å². The van der Waals surface area contributed by atoms with Crippen LogP contribution in [0.1, 0.15) is 11.1 Å². The minimum absolute atomic E-state index is 0.321. The second kappa shape index (κ2) is 6.19. The Balaban J connectivity index is 2.26. The summed E-state index contributed by atoms with van der Waals surface area (Å²) in [5, 5.41) is 12.3. The number of nitrogens with one attached hydrogen (secondary N) is 1. The average Bonchev–Trinajstić information content (AvgIpc) is 2.42. The molecule has 0 unspecified atom stereocenters. The summed E-state index contributed by atoms with van der Waals surface area (Å²) in [7, 11) is 1.65. The number of halogens is 1. The van der Waals surface area contributed by atoms with Crippen LogP contribution in [0.25, 0.3) is 0 Å². The molecule has 4 nitrogen and oxygen atoms in total. The van der Waals surface area contributed by atoms with Gasteiger partial charge in [-0.3, -0.25) is 0 Å². The topological polar surface area (TPSA) is 57.9 Å². The molecule has 19 heavy (non-hydrogen) atoms. The van der Waals surface area contributed by atoms with E-state index in [1.165, 1.54) is 0 Å². The predicted octanol–water partition coefficient (Wildman–Crippen LogP) is 3.50. The van der Waals surface area contributed by atoms with Crippen LogP contribution in [0.4, 0.5) is 11.5 Å². The third kappa shape index (κ3) is 3.22. The van der Waals surface area contributed by atoms with Crippen molar-refractivity contribution in [2.75, 3.05) is 12.4 Å². The van der Waals surface area contributed by atoms with E-state index in [2.05, 4.69) is 10.3 Å². The van der Waals surface area contributed by atoms with Gasteiger partial charge in [-0.25, -0.2) is 4.98 Å². The van der Waals surface area contributed by atoms with Gasteiger partial charge < -0.3 is 10.1 Å². The monoisotopic (exact) mass is 273 g/mol. The highest BCUT2D eigenvalue weighted by atomic mass is 35.5. The summed E-state index contributed by atoms with van der Waals surface area (Å²) in [5.74, 6) is 0.468. The fourth-order valence-electron chi connectivity index (χ4n) is 1.66. The molecule has 0 aliphatic heterocycles. The lowest BCUT2D eigenvalue weighted by atomic mass is 10.2. The molecule has 2 rings (SSSR count). The lowest BCUT2D eigenvalue weighted by Gasteiger charge is -2.09. The summed E-state index contributed by atoms with van der Waals surface area (Å²) >= 11 is 6.09. The van der Waals surface area contributed by atoms with Gasteiger partial charge in [0.15, 0.2) is 5.82 Å². The summed E-state index contributed by atoms with van der Waals surface area (Å²) in [4.78, 5) is 4.13. The fraction of sp³-hybridized carbons (Fsp3) is 0.143. The molecule has 0 spiro atoms. The van der Waals surface area contributed by atoms with Crippen LogP contribution >= 0.6 is 11.6 Å². The number of hydrogen-bond donors (Lipinski definition) is 1. The van der Waals surface area contributed by atoms with Crippen molar-refractivity contribution >= 4 is 23.1 Å². The van der Waals surface area contributed by atoms with Gasteiger partial charge in [0.25, 0.3) is 0 Å². The quantitative estimate of drug-likeness (QED) is 0.926. The van der Waals surface area contributed by atoms with Gasteiger partial charge in [0, 0.05) is 19.0 Å². The lowest BCUT2D eigenvalue weighted by Crippen LogP contribution is -1.97. The predicted molar refractivity (Wildman–Crippen MR) is 74.4 cm³/mol. The number of nitriles is 1. The molecule has 96 valence electrons. The Bertz CT molecular complexity index is 622. The van der Waals surface area contributed by atoms with Crippen LogP contribution < -0.4 is 5.32 Å². The van der Waals surface area contributed by atoms with E-state index in [9.17, 15) is 0 Å². The SMILES string of the molecule is COCc1cccc(Nc2nccc(C#N)c2Cl)c1. The number of hydrogen-bond acceptors (Lipinski definition) is 4. The standard InChI is InChI=1S/C14H12ClN3O/c1-19-9-10-3-2-4-12(7-10)18-14-13(15)11(8-16)5-6-17-14/h2-7H,9H2,1H3,(H,17,18). The molecule has 0 amide bonds. The molecule has 0 fully saturated rings. The number of methoxy groups -OCH3 is 1. The number of nitrogens with zero attached hydrogens (tertiary/aromatic N) is 2. The summed E-state index contributed by atoms with van der Waals surface area (Å²) in [6.07, 6.45) is 1.55. The molecule has 0 aliphatic carbocycles. The first-order chi connectivity index (χ1) is 9.24. The van der Waals surface area contributed by atoms with Crippen LogP contribution in [-0.2, 0) is 11.3 Å². The van der Waals surface area contributed by atoms with E-state index in [-0.39, 0.29) is 0 Å². The van der Waals surface area contributed by atoms with Gasteiger partial charge in [-0.1, -0.05) is 23.7 Å². The molecule has 0 radical (unpaired) electrons. The molecule has 0 bridgehead atoms. The van der Waals surface area contributed by atoms with Crippen molar-refractivity contribution in [3.05, 3.63) is 52.7 Å². The number of rotatable bonds is 4. The number of anilines is 2. The number of aromatic nitrogens is 1. The molecular weight excluding hydrogens is 262 g/mol. The zero-order valence-corrected chi connectivity index (χ0v) is 11.1. The maximum absolute atomic E-state index is 8.92. The Morgan fingerprint density at radius 3 is 3.00 bits per heavy atom. The van der Waals surface area contributed by atoms with Gasteiger partial charge >= 0.3 is 0 Å². The van der Waals surface area contributed by atoms with E-state index in [1.54, 1.807) is 19.4 Å². The number of benzene rings is 1. The van der Waals surface area contributed by atoms with Crippen molar-refractivity contribution in [1.29, 1.82) is 5.26 Å². The van der Waals surface area contributed by atoms with Crippen molar-refractivity contribution in [3.8, 4) is 6.07 Å². The summed E-state index contributed by atoms with van der Waals surface area (Å²) in [6, 6.07) is 11.3. The second-order valence-corrected chi connectivity index (χ2v) is 4.27. The van der Waals surface area contributed by atoms with Crippen LogP contribution in [0.15, 0.2) is 36.5 Å². The van der Waals surface area contributed by atoms with Crippen molar-refractivity contribution in [2.45, 2.75) is 6.61 Å². The Morgan fingerprint density at radius 1 is 1.42 bits per heavy atom. The minimum atomic E-state index is 0.321. The lowest BCUT2D eigenvalue weighted by molar-refractivity contribution is 0.185. The molecule has 5 heteroatoms. The van der Waals surface area contributed by atoms with E-state index in [0.717, 1.165) is 11.3 Å². The summed E-state index contributed by atoms with van der Waals surface area (Å²) < 4.78 is 5.08. The highest BCUT2D eigenvalue weighted by Gasteiger charge is 2.07. The molecule has 1 N–H and O–H groups in total. The molecule has 2 aromatic rings. The third-order valence-corrected chi connectivity index (χ3v) is 2.89. The van der Waals surface area contributed by atoms with E-state index in [4.69, 9.17) is 21.6 Å². The zero-order valence-electron chi connectivity index (χ0n) is 10.4. The Hall–Kier alpha value is -2.09. The summed E-state index contributed by atoms with van der Waals surface area (Å²) in [6.45, 7) is 0.537. The molecule has 1 aromatic heterocycles. The maximum atomic E-state index is 8.92. The Morgan fingerprint density at radius 2 is 2.26 bits per heavy atom. The normalized spacial score (nSPS) is 9.95. The second-order valence-electron chi connectivity index (χ2n) is 3.89. The zero-order chi connectivity index (χ0) is 13.7. The van der Waals surface area contributed by atoms with Crippen LogP contribution in [0.5, 0.6) is 0 Å². The highest BCUT2D eigenvalue weighted by Crippen LogP contribution is 2.26. The van der Waals surface area contributed by atoms with E-state index >= 15 is 0 Å². The van der Waals surface area contributed by atoms with Gasteiger partial charge in [-0.15, -0.1) is 0 Å². The molecular formula is C14H12ClN3O. The molecule has 1 heterocycles. The van der Waals surface area contributed by atoms with E-state index in [0.29, 0.717) is 23.0 Å². The van der Waals surface area contributed by atoms with Crippen molar-refractivity contribution in [2.24, 2.45) is 0 Å². The molecule has 0 saturated heterocycles. The van der Waals surface area contributed by atoms with Crippen LogP contribution in [0.3, 0.4) is 0 Å². The third-order valence-electron chi connectivity index (χ3n) is 2.51. The van der Waals surface area contributed by atoms with Crippen molar-refractivity contribution < 1.29 is 4.74 Å². The van der Waals surface area contributed by atoms with E-state index < -0.39 is 0 Å². The molecule has 0 aliphatic rings. The van der Waals surface area contributed by atoms with Crippen LogP contribution in [-0.4, -0.2) is 12.1 Å². The van der Waals surface area contributed by atoms with Gasteiger partial charge in [0.05, 0.1) is 12.2 Å². The maximum Gasteiger partial charge on any atom is 0.150 e. The van der Waals surface area contributed by atoms with Crippen molar-refractivity contribution in [3.63, 3.8) is 0 Å². The Labute approximate surface area is 116 Å². The fourth-order valence-corrected chi connectivity index (χ4v) is 1.86. The molecule has 0 saturated carbocycles. The molecule has 0 atom stereocenters. The minimum Gasteiger partial charge on any atom is -0.380 e. The van der Waals surface area contributed by atoms with Crippen LogP contribution in [0, 0.1) is 11.3 Å². The van der Waals surface area contributed by atoms with Gasteiger partial charge in [0.1, 0.15) is 11.1 Å². The smallest absolute Gasteiger partial charge is 0.150 e. The van der Waals surface area contributed by atoms with Gasteiger partial charge in [-0.2, -0.15) is 5.26 Å². The number of pyridine rings is 1. The van der Waals surface area contributed by atoms with E-state index in [1.807, 2.05) is 30.3 Å². The first kappa shape index (κ1) is 13.3. The molecule has 1 aromatic carbocycles. The average molecular weight is 274 g/mol. The first-order valence-electron chi connectivity index (χ1n) is 5.64. The van der Waals surface area contributed by atoms with Gasteiger partial charge in [0.2, 0.25) is 0 Å². The van der Waals surface area contributed by atoms with Gasteiger partial charge in [-0.05, 0) is 23.8 Å². The number of ether oxygens (including phenoxy) is 1. The Kier molecular flexibility index (Phi) is 4.35. The largest absolute Gasteiger partial charge is 0.380 e. The van der Waals surface area contributed by atoms with Crippen LogP contribution in [0.2, 0.25) is 5.02 Å². The highest BCUT2D eigenvalue weighted by molar-refractivity contribution is 6.34.